The van der Waals surface area contributed by atoms with E-state index >= 15 is 0 Å². The Hall–Kier alpha value is -1.50. The van der Waals surface area contributed by atoms with E-state index < -0.39 is 5.92 Å². The van der Waals surface area contributed by atoms with E-state index in [-0.39, 0.29) is 31.8 Å². The van der Waals surface area contributed by atoms with Crippen molar-refractivity contribution < 1.29 is 13.6 Å². The number of carbonyl (C=O) groups excluding carboxylic acids is 1. The number of nitrogens with zero attached hydrogens (tertiary/aromatic N) is 3. The highest BCUT2D eigenvalue weighted by molar-refractivity contribution is 9.10. The number of halogens is 3. The third-order valence-corrected chi connectivity index (χ3v) is 4.73. The largest absolute Gasteiger partial charge is 0.338 e. The zero-order valence-corrected chi connectivity index (χ0v) is 13.0. The molecule has 1 aliphatic heterocycles. The first-order valence-corrected chi connectivity index (χ1v) is 7.46. The number of aryl methyl sites for hydroxylation is 1. The molecule has 21 heavy (non-hydrogen) atoms. The van der Waals surface area contributed by atoms with E-state index in [9.17, 15) is 13.6 Å². The average molecular weight is 358 g/mol. The van der Waals surface area contributed by atoms with Gasteiger partial charge in [0, 0.05) is 43.9 Å². The van der Waals surface area contributed by atoms with Crippen molar-refractivity contribution in [2.45, 2.75) is 18.8 Å². The van der Waals surface area contributed by atoms with Crippen LogP contribution in [0.4, 0.5) is 8.78 Å². The summed E-state index contributed by atoms with van der Waals surface area (Å²) in [5.74, 6) is -2.86. The van der Waals surface area contributed by atoms with Crippen LogP contribution in [0.15, 0.2) is 22.8 Å². The fourth-order valence-electron chi connectivity index (χ4n) is 2.52. The van der Waals surface area contributed by atoms with Gasteiger partial charge in [-0.2, -0.15) is 5.10 Å². The molecule has 1 saturated heterocycles. The van der Waals surface area contributed by atoms with Gasteiger partial charge in [0.05, 0.1) is 5.52 Å². The molecule has 3 rings (SSSR count). The lowest BCUT2D eigenvalue weighted by atomic mass is 10.1. The Bertz CT molecular complexity index is 704. The first-order chi connectivity index (χ1) is 9.87. The molecule has 1 aliphatic rings. The first-order valence-electron chi connectivity index (χ1n) is 6.67. The minimum absolute atomic E-state index is 0.0930. The van der Waals surface area contributed by atoms with Gasteiger partial charge >= 0.3 is 0 Å². The lowest BCUT2D eigenvalue weighted by Crippen LogP contribution is -2.42. The van der Waals surface area contributed by atoms with Gasteiger partial charge in [0.1, 0.15) is 4.60 Å². The summed E-state index contributed by atoms with van der Waals surface area (Å²) in [6, 6.07) is 5.23. The van der Waals surface area contributed by atoms with Crippen molar-refractivity contribution in [1.82, 2.24) is 14.7 Å². The number of rotatable bonds is 1. The lowest BCUT2D eigenvalue weighted by molar-refractivity contribution is -0.0494. The maximum absolute atomic E-state index is 13.1. The number of benzene rings is 1. The normalized spacial score (nSPS) is 18.2. The number of amides is 1. The van der Waals surface area contributed by atoms with Crippen LogP contribution in [0.5, 0.6) is 0 Å². The molecule has 2 aromatic rings. The van der Waals surface area contributed by atoms with E-state index in [1.807, 2.05) is 6.07 Å². The van der Waals surface area contributed by atoms with Gasteiger partial charge < -0.3 is 4.90 Å². The third kappa shape index (κ3) is 2.66. The second-order valence-corrected chi connectivity index (χ2v) is 6.05. The topological polar surface area (TPSA) is 38.1 Å². The van der Waals surface area contributed by atoms with Gasteiger partial charge in [-0.05, 0) is 34.1 Å². The minimum Gasteiger partial charge on any atom is -0.338 e. The highest BCUT2D eigenvalue weighted by Crippen LogP contribution is 2.29. The Labute approximate surface area is 128 Å². The summed E-state index contributed by atoms with van der Waals surface area (Å²) in [5.41, 5.74) is 1.19. The summed E-state index contributed by atoms with van der Waals surface area (Å²) in [7, 11) is 1.80. The molecule has 1 aromatic carbocycles. The van der Waals surface area contributed by atoms with E-state index in [0.717, 1.165) is 9.99 Å². The van der Waals surface area contributed by atoms with Crippen LogP contribution in [-0.4, -0.2) is 39.6 Å². The van der Waals surface area contributed by atoms with Crippen molar-refractivity contribution in [2.24, 2.45) is 7.05 Å². The molecule has 1 aromatic heterocycles. The molecule has 1 amide bonds. The van der Waals surface area contributed by atoms with Gasteiger partial charge in [-0.1, -0.05) is 0 Å². The zero-order valence-electron chi connectivity index (χ0n) is 11.4. The van der Waals surface area contributed by atoms with Crippen LogP contribution in [0.3, 0.4) is 0 Å². The number of likely N-dealkylation sites (tertiary alicyclic amines) is 1. The highest BCUT2D eigenvalue weighted by atomic mass is 79.9. The number of alkyl halides is 2. The van der Waals surface area contributed by atoms with Crippen molar-refractivity contribution in [3.63, 3.8) is 0 Å². The zero-order chi connectivity index (χ0) is 15.2. The van der Waals surface area contributed by atoms with Gasteiger partial charge in [0.2, 0.25) is 0 Å². The summed E-state index contributed by atoms with van der Waals surface area (Å²) in [4.78, 5) is 13.9. The van der Waals surface area contributed by atoms with Crippen LogP contribution in [0.2, 0.25) is 0 Å². The highest BCUT2D eigenvalue weighted by Gasteiger charge is 2.35. The molecule has 0 radical (unpaired) electrons. The Morgan fingerprint density at radius 1 is 1.33 bits per heavy atom. The van der Waals surface area contributed by atoms with Crippen molar-refractivity contribution in [3.8, 4) is 0 Å². The van der Waals surface area contributed by atoms with E-state index in [2.05, 4.69) is 21.0 Å². The SMILES string of the molecule is Cn1nc2cc(C(=O)N3CCC(F)(F)CC3)ccc2c1Br. The molecule has 0 saturated carbocycles. The maximum Gasteiger partial charge on any atom is 0.253 e. The molecule has 2 heterocycles. The molecule has 0 bridgehead atoms. The lowest BCUT2D eigenvalue weighted by Gasteiger charge is -2.31. The van der Waals surface area contributed by atoms with Gasteiger partial charge in [0.15, 0.2) is 0 Å². The second-order valence-electron chi connectivity index (χ2n) is 5.29. The fraction of sp³-hybridized carbons (Fsp3) is 0.429. The summed E-state index contributed by atoms with van der Waals surface area (Å²) in [6.45, 7) is 0.186. The maximum atomic E-state index is 13.1. The molecule has 0 aliphatic carbocycles. The monoisotopic (exact) mass is 357 g/mol. The average Bonchev–Trinajstić information content (AvgIpc) is 2.73. The summed E-state index contributed by atoms with van der Waals surface area (Å²) >= 11 is 3.42. The van der Waals surface area contributed by atoms with Crippen LogP contribution < -0.4 is 0 Å². The summed E-state index contributed by atoms with van der Waals surface area (Å²) in [6.07, 6.45) is -0.535. The Balaban J connectivity index is 1.85. The Morgan fingerprint density at radius 2 is 2.00 bits per heavy atom. The van der Waals surface area contributed by atoms with Crippen LogP contribution >= 0.6 is 15.9 Å². The number of piperidine rings is 1. The quantitative estimate of drug-likeness (QED) is 0.785. The summed E-state index contributed by atoms with van der Waals surface area (Å²) < 4.78 is 28.8. The van der Waals surface area contributed by atoms with Crippen LogP contribution in [0, 0.1) is 0 Å². The predicted octanol–water partition coefficient (Wildman–Crippen LogP) is 3.21. The van der Waals surface area contributed by atoms with E-state index in [1.165, 1.54) is 4.90 Å². The first kappa shape index (κ1) is 14.4. The number of carbonyl (C=O) groups is 1. The van der Waals surface area contributed by atoms with Crippen LogP contribution in [0.1, 0.15) is 23.2 Å². The number of hydrogen-bond acceptors (Lipinski definition) is 2. The molecule has 7 heteroatoms. The number of fused-ring (bicyclic) bond motifs is 1. The standard InChI is InChI=1S/C14H14BrF2N3O/c1-19-12(15)10-3-2-9(8-11(10)18-19)13(21)20-6-4-14(16,17)5-7-20/h2-3,8H,4-7H2,1H3. The minimum atomic E-state index is -2.65. The number of hydrogen-bond donors (Lipinski definition) is 0. The van der Waals surface area contributed by atoms with E-state index in [4.69, 9.17) is 0 Å². The summed E-state index contributed by atoms with van der Waals surface area (Å²) in [5, 5.41) is 5.22. The van der Waals surface area contributed by atoms with E-state index in [0.29, 0.717) is 11.1 Å². The molecule has 0 atom stereocenters. The predicted molar refractivity (Wildman–Crippen MR) is 78.5 cm³/mol. The molecule has 112 valence electrons. The van der Waals surface area contributed by atoms with Crippen molar-refractivity contribution in [1.29, 1.82) is 0 Å². The fourth-order valence-corrected chi connectivity index (χ4v) is 2.94. The van der Waals surface area contributed by atoms with Gasteiger partial charge in [-0.15, -0.1) is 0 Å². The van der Waals surface area contributed by atoms with Crippen molar-refractivity contribution in [3.05, 3.63) is 28.4 Å². The number of aromatic nitrogens is 2. The van der Waals surface area contributed by atoms with Crippen molar-refractivity contribution in [2.75, 3.05) is 13.1 Å². The Kier molecular flexibility index (Phi) is 3.47. The molecule has 0 spiro atoms. The smallest absolute Gasteiger partial charge is 0.253 e. The molecule has 0 N–H and O–H groups in total. The molecular weight excluding hydrogens is 344 g/mol. The second kappa shape index (κ2) is 5.05. The molecular formula is C14H14BrF2N3O. The van der Waals surface area contributed by atoms with Crippen LogP contribution in [0.25, 0.3) is 10.9 Å². The molecule has 1 fully saturated rings. The van der Waals surface area contributed by atoms with Crippen molar-refractivity contribution >= 4 is 32.7 Å². The molecule has 4 nitrogen and oxygen atoms in total. The Morgan fingerprint density at radius 3 is 2.67 bits per heavy atom. The van der Waals surface area contributed by atoms with Crippen LogP contribution in [-0.2, 0) is 7.05 Å². The molecule has 0 unspecified atom stereocenters. The van der Waals surface area contributed by atoms with E-state index in [1.54, 1.807) is 23.9 Å². The van der Waals surface area contributed by atoms with Gasteiger partial charge in [-0.25, -0.2) is 8.78 Å². The third-order valence-electron chi connectivity index (χ3n) is 3.79. The van der Waals surface area contributed by atoms with Gasteiger partial charge in [-0.3, -0.25) is 9.48 Å². The van der Waals surface area contributed by atoms with Gasteiger partial charge in [0.25, 0.3) is 11.8 Å².